The second-order valence-electron chi connectivity index (χ2n) is 4.96. The number of hydrogen-bond donors (Lipinski definition) is 1. The highest BCUT2D eigenvalue weighted by Crippen LogP contribution is 2.34. The summed E-state index contributed by atoms with van der Waals surface area (Å²) in [6.07, 6.45) is -0.777. The molecule has 0 saturated heterocycles. The minimum absolute atomic E-state index is 0.218. The number of nitrogens with zero attached hydrogens (tertiary/aromatic N) is 2. The molecule has 21 heavy (non-hydrogen) atoms. The highest BCUT2D eigenvalue weighted by molar-refractivity contribution is 7.05. The maximum atomic E-state index is 10.7. The van der Waals surface area contributed by atoms with Crippen LogP contribution in [0.2, 0.25) is 0 Å². The number of methoxy groups -OCH3 is 1. The van der Waals surface area contributed by atoms with E-state index in [1.165, 1.54) is 11.5 Å². The number of para-hydroxylation sites is 1. The Balaban J connectivity index is 2.26. The second kappa shape index (κ2) is 7.49. The van der Waals surface area contributed by atoms with Gasteiger partial charge in [-0.25, -0.2) is 0 Å². The fraction of sp³-hybridized carbons (Fsp3) is 0.467. The van der Waals surface area contributed by atoms with Crippen molar-refractivity contribution < 1.29 is 14.6 Å². The van der Waals surface area contributed by atoms with Crippen LogP contribution in [0, 0.1) is 0 Å². The van der Waals surface area contributed by atoms with Gasteiger partial charge >= 0.3 is 0 Å². The highest BCUT2D eigenvalue weighted by Gasteiger charge is 2.23. The Labute approximate surface area is 128 Å². The summed E-state index contributed by atoms with van der Waals surface area (Å²) in [6.45, 7) is 5.02. The van der Waals surface area contributed by atoms with E-state index in [0.29, 0.717) is 19.0 Å². The van der Waals surface area contributed by atoms with Crippen molar-refractivity contribution in [2.45, 2.75) is 25.9 Å². The average Bonchev–Trinajstić information content (AvgIpc) is 2.97. The third-order valence-corrected chi connectivity index (χ3v) is 3.89. The molecule has 1 N–H and O–H groups in total. The standard InChI is InChI=1S/C15H20N2O3S/c1-10(2)13-15(21-17-16-13)14(18)11-6-4-5-7-12(11)20-9-8-19-3/h4-7,10,14,18H,8-9H2,1-3H3. The molecule has 0 saturated carbocycles. The first kappa shape index (κ1) is 15.9. The van der Waals surface area contributed by atoms with Gasteiger partial charge in [0, 0.05) is 12.7 Å². The molecule has 114 valence electrons. The molecule has 6 heteroatoms. The Morgan fingerprint density at radius 1 is 1.24 bits per heavy atom. The Hall–Kier alpha value is -1.50. The number of aromatic nitrogens is 2. The molecule has 1 heterocycles. The summed E-state index contributed by atoms with van der Waals surface area (Å²) in [4.78, 5) is 0.771. The minimum Gasteiger partial charge on any atom is -0.491 e. The first-order valence-electron chi connectivity index (χ1n) is 6.86. The lowest BCUT2D eigenvalue weighted by Crippen LogP contribution is -2.09. The highest BCUT2D eigenvalue weighted by atomic mass is 32.1. The van der Waals surface area contributed by atoms with Crippen LogP contribution in [0.5, 0.6) is 5.75 Å². The Kier molecular flexibility index (Phi) is 5.67. The molecule has 0 fully saturated rings. The summed E-state index contributed by atoms with van der Waals surface area (Å²) in [6, 6.07) is 7.46. The van der Waals surface area contributed by atoms with E-state index in [4.69, 9.17) is 9.47 Å². The van der Waals surface area contributed by atoms with Crippen molar-refractivity contribution in [1.82, 2.24) is 9.59 Å². The van der Waals surface area contributed by atoms with Gasteiger partial charge in [-0.3, -0.25) is 0 Å². The van der Waals surface area contributed by atoms with Gasteiger partial charge in [0.15, 0.2) is 0 Å². The zero-order chi connectivity index (χ0) is 15.2. The molecule has 1 atom stereocenters. The van der Waals surface area contributed by atoms with Gasteiger partial charge in [-0.15, -0.1) is 5.10 Å². The van der Waals surface area contributed by atoms with Crippen molar-refractivity contribution in [1.29, 1.82) is 0 Å². The SMILES string of the molecule is COCCOc1ccccc1C(O)c1snnc1C(C)C. The third-order valence-electron chi connectivity index (χ3n) is 3.09. The summed E-state index contributed by atoms with van der Waals surface area (Å²) in [5.74, 6) is 0.875. The van der Waals surface area contributed by atoms with Crippen molar-refractivity contribution >= 4 is 11.5 Å². The fourth-order valence-corrected chi connectivity index (χ4v) is 2.82. The molecule has 0 spiro atoms. The Morgan fingerprint density at radius 3 is 2.71 bits per heavy atom. The summed E-state index contributed by atoms with van der Waals surface area (Å²) >= 11 is 1.23. The smallest absolute Gasteiger partial charge is 0.125 e. The van der Waals surface area contributed by atoms with Gasteiger partial charge in [-0.1, -0.05) is 36.5 Å². The molecule has 0 radical (unpaired) electrons. The quantitative estimate of drug-likeness (QED) is 0.797. The number of benzene rings is 1. The normalized spacial score (nSPS) is 12.6. The van der Waals surface area contributed by atoms with E-state index in [0.717, 1.165) is 16.1 Å². The van der Waals surface area contributed by atoms with Gasteiger partial charge in [0.25, 0.3) is 0 Å². The van der Waals surface area contributed by atoms with Crippen molar-refractivity contribution in [3.63, 3.8) is 0 Å². The molecule has 0 bridgehead atoms. The Morgan fingerprint density at radius 2 is 2.00 bits per heavy atom. The maximum Gasteiger partial charge on any atom is 0.125 e. The number of aliphatic hydroxyl groups excluding tert-OH is 1. The maximum absolute atomic E-state index is 10.7. The first-order valence-corrected chi connectivity index (χ1v) is 7.63. The molecule has 0 amide bonds. The molecular formula is C15H20N2O3S. The summed E-state index contributed by atoms with van der Waals surface area (Å²) in [5, 5.41) is 14.8. The van der Waals surface area contributed by atoms with Crippen LogP contribution in [0.3, 0.4) is 0 Å². The number of rotatable bonds is 7. The molecule has 1 unspecified atom stereocenters. The number of ether oxygens (including phenoxy) is 2. The average molecular weight is 308 g/mol. The van der Waals surface area contributed by atoms with E-state index in [1.54, 1.807) is 7.11 Å². The molecule has 1 aromatic heterocycles. The van der Waals surface area contributed by atoms with Crippen LogP contribution in [0.1, 0.15) is 42.0 Å². The van der Waals surface area contributed by atoms with E-state index in [-0.39, 0.29) is 5.92 Å². The van der Waals surface area contributed by atoms with Gasteiger partial charge in [0.2, 0.25) is 0 Å². The largest absolute Gasteiger partial charge is 0.491 e. The van der Waals surface area contributed by atoms with E-state index in [9.17, 15) is 5.11 Å². The second-order valence-corrected chi connectivity index (χ2v) is 5.74. The van der Waals surface area contributed by atoms with Crippen LogP contribution in [-0.4, -0.2) is 35.0 Å². The predicted molar refractivity (Wildman–Crippen MR) is 81.9 cm³/mol. The molecule has 0 aliphatic rings. The first-order chi connectivity index (χ1) is 10.1. The summed E-state index contributed by atoms with van der Waals surface area (Å²) in [5.41, 5.74) is 1.56. The minimum atomic E-state index is -0.777. The number of hydrogen-bond acceptors (Lipinski definition) is 6. The van der Waals surface area contributed by atoms with Crippen LogP contribution in [0.15, 0.2) is 24.3 Å². The van der Waals surface area contributed by atoms with Crippen LogP contribution in [0.25, 0.3) is 0 Å². The monoisotopic (exact) mass is 308 g/mol. The van der Waals surface area contributed by atoms with E-state index >= 15 is 0 Å². The van der Waals surface area contributed by atoms with Crippen LogP contribution < -0.4 is 4.74 Å². The van der Waals surface area contributed by atoms with Crippen molar-refractivity contribution in [3.8, 4) is 5.75 Å². The van der Waals surface area contributed by atoms with E-state index in [1.807, 2.05) is 38.1 Å². The zero-order valence-corrected chi connectivity index (χ0v) is 13.3. The summed E-state index contributed by atoms with van der Waals surface area (Å²) in [7, 11) is 1.63. The van der Waals surface area contributed by atoms with Crippen LogP contribution in [0.4, 0.5) is 0 Å². The molecule has 2 rings (SSSR count). The molecule has 2 aromatic rings. The predicted octanol–water partition coefficient (Wildman–Crippen LogP) is 2.77. The van der Waals surface area contributed by atoms with Crippen LogP contribution in [-0.2, 0) is 4.74 Å². The van der Waals surface area contributed by atoms with Crippen molar-refractivity contribution in [2.24, 2.45) is 0 Å². The van der Waals surface area contributed by atoms with Gasteiger partial charge in [-0.05, 0) is 23.5 Å². The molecule has 0 aliphatic heterocycles. The van der Waals surface area contributed by atoms with Gasteiger partial charge < -0.3 is 14.6 Å². The van der Waals surface area contributed by atoms with Crippen LogP contribution >= 0.6 is 11.5 Å². The Bertz CT molecular complexity index is 572. The van der Waals surface area contributed by atoms with Gasteiger partial charge in [0.05, 0.1) is 17.2 Å². The topological polar surface area (TPSA) is 64.5 Å². The zero-order valence-electron chi connectivity index (χ0n) is 12.4. The van der Waals surface area contributed by atoms with E-state index < -0.39 is 6.10 Å². The van der Waals surface area contributed by atoms with Gasteiger partial charge in [0.1, 0.15) is 18.5 Å². The van der Waals surface area contributed by atoms with Crippen molar-refractivity contribution in [3.05, 3.63) is 40.4 Å². The third kappa shape index (κ3) is 3.78. The fourth-order valence-electron chi connectivity index (χ4n) is 2.01. The number of aliphatic hydroxyl groups is 1. The van der Waals surface area contributed by atoms with Gasteiger partial charge in [-0.2, -0.15) is 0 Å². The molecule has 5 nitrogen and oxygen atoms in total. The molecular weight excluding hydrogens is 288 g/mol. The lowest BCUT2D eigenvalue weighted by atomic mass is 10.0. The van der Waals surface area contributed by atoms with E-state index in [2.05, 4.69) is 9.59 Å². The lowest BCUT2D eigenvalue weighted by molar-refractivity contribution is 0.142. The molecule has 1 aromatic carbocycles. The van der Waals surface area contributed by atoms with Crippen molar-refractivity contribution in [2.75, 3.05) is 20.3 Å². The lowest BCUT2D eigenvalue weighted by Gasteiger charge is -2.16. The summed E-state index contributed by atoms with van der Waals surface area (Å²) < 4.78 is 14.6. The molecule has 0 aliphatic carbocycles.